The van der Waals surface area contributed by atoms with Gasteiger partial charge in [0.25, 0.3) is 0 Å². The minimum atomic E-state index is -4.32. The fourth-order valence-corrected chi connectivity index (χ4v) is 2.09. The molecule has 0 radical (unpaired) electrons. The van der Waals surface area contributed by atoms with Crippen LogP contribution in [0.4, 0.5) is 13.2 Å². The van der Waals surface area contributed by atoms with Crippen molar-refractivity contribution in [3.8, 4) is 0 Å². The van der Waals surface area contributed by atoms with Crippen LogP contribution in [-0.2, 0) is 0 Å². The van der Waals surface area contributed by atoms with E-state index in [1.54, 1.807) is 18.2 Å². The molecule has 1 unspecified atom stereocenters. The van der Waals surface area contributed by atoms with Crippen LogP contribution in [0, 0.1) is 5.41 Å². The Labute approximate surface area is 118 Å². The maximum Gasteiger partial charge on any atom is 0.407 e. The quantitative estimate of drug-likeness (QED) is 0.802. The van der Waals surface area contributed by atoms with Crippen molar-refractivity contribution >= 4 is 0 Å². The lowest BCUT2D eigenvalue weighted by Crippen LogP contribution is -2.39. The summed E-state index contributed by atoms with van der Waals surface area (Å²) in [6.07, 6.45) is -3.05. The molecule has 1 atom stereocenters. The van der Waals surface area contributed by atoms with Crippen LogP contribution in [0.15, 0.2) is 30.3 Å². The molecule has 0 saturated carbocycles. The first-order valence-corrected chi connectivity index (χ1v) is 6.72. The minimum Gasteiger partial charge on any atom is -0.396 e. The number of rotatable bonds is 7. The van der Waals surface area contributed by atoms with Gasteiger partial charge in [-0.2, -0.15) is 13.2 Å². The van der Waals surface area contributed by atoms with E-state index >= 15 is 0 Å². The third-order valence-electron chi connectivity index (χ3n) is 3.26. The van der Waals surface area contributed by atoms with Gasteiger partial charge in [-0.3, -0.25) is 0 Å². The number of benzene rings is 1. The summed E-state index contributed by atoms with van der Waals surface area (Å²) in [4.78, 5) is 0. The van der Waals surface area contributed by atoms with Gasteiger partial charge in [0, 0.05) is 13.2 Å². The molecule has 0 aliphatic rings. The average molecular weight is 289 g/mol. The summed E-state index contributed by atoms with van der Waals surface area (Å²) in [7, 11) is 0. The Bertz CT molecular complexity index is 390. The van der Waals surface area contributed by atoms with E-state index in [1.165, 1.54) is 12.1 Å². The summed E-state index contributed by atoms with van der Waals surface area (Å²) in [5, 5.41) is 11.4. The van der Waals surface area contributed by atoms with E-state index in [0.29, 0.717) is 12.8 Å². The molecule has 20 heavy (non-hydrogen) atoms. The Morgan fingerprint density at radius 2 is 1.75 bits per heavy atom. The summed E-state index contributed by atoms with van der Waals surface area (Å²) in [6.45, 7) is 4.10. The van der Waals surface area contributed by atoms with Crippen LogP contribution in [0.1, 0.15) is 38.3 Å². The molecule has 5 heteroatoms. The van der Waals surface area contributed by atoms with E-state index in [4.69, 9.17) is 5.11 Å². The third-order valence-corrected chi connectivity index (χ3v) is 3.26. The van der Waals surface area contributed by atoms with Crippen LogP contribution >= 0.6 is 0 Å². The van der Waals surface area contributed by atoms with Gasteiger partial charge in [-0.25, -0.2) is 0 Å². The van der Waals surface area contributed by atoms with E-state index in [1.807, 2.05) is 13.8 Å². The van der Waals surface area contributed by atoms with Crippen LogP contribution in [0.2, 0.25) is 0 Å². The van der Waals surface area contributed by atoms with Crippen molar-refractivity contribution in [3.63, 3.8) is 0 Å². The zero-order valence-corrected chi connectivity index (χ0v) is 11.9. The van der Waals surface area contributed by atoms with Gasteiger partial charge >= 0.3 is 6.18 Å². The zero-order valence-electron chi connectivity index (χ0n) is 11.9. The van der Waals surface area contributed by atoms with Crippen LogP contribution in [0.25, 0.3) is 0 Å². The second-order valence-electron chi connectivity index (χ2n) is 5.76. The van der Waals surface area contributed by atoms with Gasteiger partial charge in [0.2, 0.25) is 0 Å². The van der Waals surface area contributed by atoms with Crippen molar-refractivity contribution in [2.24, 2.45) is 5.41 Å². The highest BCUT2D eigenvalue weighted by atomic mass is 19.4. The van der Waals surface area contributed by atoms with Gasteiger partial charge in [-0.05, 0) is 23.8 Å². The number of halogens is 3. The van der Waals surface area contributed by atoms with E-state index in [2.05, 4.69) is 5.32 Å². The molecule has 0 aliphatic carbocycles. The number of alkyl halides is 3. The molecule has 0 bridgehead atoms. The molecular weight excluding hydrogens is 267 g/mol. The Balaban J connectivity index is 2.73. The molecule has 2 nitrogen and oxygen atoms in total. The molecule has 0 amide bonds. The van der Waals surface area contributed by atoms with Crippen LogP contribution < -0.4 is 5.32 Å². The lowest BCUT2D eigenvalue weighted by Gasteiger charge is -2.29. The second-order valence-corrected chi connectivity index (χ2v) is 5.76. The molecule has 0 aliphatic heterocycles. The summed E-state index contributed by atoms with van der Waals surface area (Å²) < 4.78 is 39.4. The normalized spacial score (nSPS) is 14.3. The molecular formula is C15H22F3NO. The maximum atomic E-state index is 13.1. The number of hydrogen-bond acceptors (Lipinski definition) is 2. The summed E-state index contributed by atoms with van der Waals surface area (Å²) in [5.41, 5.74) is -0.0703. The molecule has 1 aromatic rings. The van der Waals surface area contributed by atoms with Gasteiger partial charge in [0.05, 0.1) is 0 Å². The minimum absolute atomic E-state index is 0.0603. The Morgan fingerprint density at radius 1 is 1.15 bits per heavy atom. The maximum absolute atomic E-state index is 13.1. The Hall–Kier alpha value is -1.07. The van der Waals surface area contributed by atoms with E-state index in [-0.39, 0.29) is 24.1 Å². The van der Waals surface area contributed by atoms with Crippen LogP contribution in [0.3, 0.4) is 0 Å². The summed E-state index contributed by atoms with van der Waals surface area (Å²) in [6, 6.07) is 6.20. The summed E-state index contributed by atoms with van der Waals surface area (Å²) >= 11 is 0. The Kier molecular flexibility index (Phi) is 6.02. The summed E-state index contributed by atoms with van der Waals surface area (Å²) in [5.74, 6) is 0. The standard InChI is InChI=1S/C15H22F3NO/c1-14(2,9-6-10-20)11-19-13(15(16,17)18)12-7-4-3-5-8-12/h3-5,7-8,13,19-20H,6,9-11H2,1-2H3. The molecule has 2 N–H and O–H groups in total. The van der Waals surface area contributed by atoms with Gasteiger partial charge in [-0.15, -0.1) is 0 Å². The average Bonchev–Trinajstić information content (AvgIpc) is 2.36. The SMILES string of the molecule is CC(C)(CCCO)CNC(c1ccccc1)C(F)(F)F. The fourth-order valence-electron chi connectivity index (χ4n) is 2.09. The lowest BCUT2D eigenvalue weighted by molar-refractivity contribution is -0.158. The topological polar surface area (TPSA) is 32.3 Å². The van der Waals surface area contributed by atoms with Crippen LogP contribution in [-0.4, -0.2) is 24.4 Å². The highest BCUT2D eigenvalue weighted by molar-refractivity contribution is 5.20. The highest BCUT2D eigenvalue weighted by Gasteiger charge is 2.41. The number of nitrogens with one attached hydrogen (secondary N) is 1. The zero-order chi connectivity index (χ0) is 15.2. The van der Waals surface area contributed by atoms with Gasteiger partial charge < -0.3 is 10.4 Å². The molecule has 114 valence electrons. The molecule has 1 aromatic carbocycles. The molecule has 0 fully saturated rings. The monoisotopic (exact) mass is 289 g/mol. The largest absolute Gasteiger partial charge is 0.407 e. The van der Waals surface area contributed by atoms with E-state index in [0.717, 1.165) is 0 Å². The highest BCUT2D eigenvalue weighted by Crippen LogP contribution is 2.33. The van der Waals surface area contributed by atoms with E-state index in [9.17, 15) is 13.2 Å². The molecule has 0 heterocycles. The first kappa shape index (κ1) is 17.0. The van der Waals surface area contributed by atoms with Crippen molar-refractivity contribution in [3.05, 3.63) is 35.9 Å². The van der Waals surface area contributed by atoms with Crippen molar-refractivity contribution < 1.29 is 18.3 Å². The van der Waals surface area contributed by atoms with Crippen molar-refractivity contribution in [1.29, 1.82) is 0 Å². The van der Waals surface area contributed by atoms with E-state index < -0.39 is 12.2 Å². The van der Waals surface area contributed by atoms with Crippen molar-refractivity contribution in [1.82, 2.24) is 5.32 Å². The van der Waals surface area contributed by atoms with Gasteiger partial charge in [0.15, 0.2) is 0 Å². The lowest BCUT2D eigenvalue weighted by atomic mass is 9.87. The predicted molar refractivity (Wildman–Crippen MR) is 73.3 cm³/mol. The second kappa shape index (κ2) is 7.09. The predicted octanol–water partition coefficient (Wildman–Crippen LogP) is 3.68. The first-order valence-electron chi connectivity index (χ1n) is 6.72. The molecule has 1 rings (SSSR count). The van der Waals surface area contributed by atoms with Gasteiger partial charge in [-0.1, -0.05) is 44.2 Å². The molecule has 0 aromatic heterocycles. The first-order chi connectivity index (χ1) is 9.26. The fraction of sp³-hybridized carbons (Fsp3) is 0.600. The number of hydrogen-bond donors (Lipinski definition) is 2. The van der Waals surface area contributed by atoms with Crippen molar-refractivity contribution in [2.45, 2.75) is 38.9 Å². The number of aliphatic hydroxyl groups is 1. The smallest absolute Gasteiger partial charge is 0.396 e. The third kappa shape index (κ3) is 5.51. The van der Waals surface area contributed by atoms with Crippen molar-refractivity contribution in [2.75, 3.05) is 13.2 Å². The molecule has 0 saturated heterocycles. The molecule has 0 spiro atoms. The number of aliphatic hydroxyl groups excluding tert-OH is 1. The van der Waals surface area contributed by atoms with Gasteiger partial charge in [0.1, 0.15) is 6.04 Å². The Morgan fingerprint density at radius 3 is 2.25 bits per heavy atom. The van der Waals surface area contributed by atoms with Crippen LogP contribution in [0.5, 0.6) is 0 Å².